The lowest BCUT2D eigenvalue weighted by Crippen LogP contribution is -2.45. The van der Waals surface area contributed by atoms with Crippen LogP contribution in [0, 0.1) is 12.3 Å². The molecule has 1 spiro atoms. The summed E-state index contributed by atoms with van der Waals surface area (Å²) in [6.07, 6.45) is 2.69. The molecule has 5 rings (SSSR count). The number of rotatable bonds is 6. The van der Waals surface area contributed by atoms with Crippen LogP contribution >= 0.6 is 0 Å². The van der Waals surface area contributed by atoms with Gasteiger partial charge >= 0.3 is 5.63 Å². The van der Waals surface area contributed by atoms with Gasteiger partial charge in [-0.2, -0.15) is 0 Å². The van der Waals surface area contributed by atoms with Crippen LogP contribution < -0.4 is 15.1 Å². The van der Waals surface area contributed by atoms with E-state index in [9.17, 15) is 14.4 Å². The third-order valence-electron chi connectivity index (χ3n) is 7.60. The lowest BCUT2D eigenvalue weighted by Gasteiger charge is -2.39. The highest BCUT2D eigenvalue weighted by atomic mass is 16.5. The molecule has 2 aliphatic heterocycles. The van der Waals surface area contributed by atoms with Crippen molar-refractivity contribution < 1.29 is 23.5 Å². The molecule has 2 saturated heterocycles. The van der Waals surface area contributed by atoms with E-state index >= 15 is 0 Å². The zero-order valence-electron chi connectivity index (χ0n) is 21.3. The first-order valence-corrected chi connectivity index (χ1v) is 12.8. The number of fused-ring (bicyclic) bond motifs is 1. The summed E-state index contributed by atoms with van der Waals surface area (Å²) in [5.74, 6) is 1.23. The highest BCUT2D eigenvalue weighted by Crippen LogP contribution is 2.40. The first kappa shape index (κ1) is 24.9. The molecule has 2 aromatic carbocycles. The van der Waals surface area contributed by atoms with Crippen LogP contribution in [0.4, 0.5) is 0 Å². The van der Waals surface area contributed by atoms with Crippen LogP contribution in [0.1, 0.15) is 42.1 Å². The second-order valence-corrected chi connectivity index (χ2v) is 10.0. The Hall–Kier alpha value is -3.81. The zero-order valence-corrected chi connectivity index (χ0v) is 21.3. The summed E-state index contributed by atoms with van der Waals surface area (Å²) in [6, 6.07) is 14.0. The lowest BCUT2D eigenvalue weighted by molar-refractivity contribution is -0.132. The van der Waals surface area contributed by atoms with Gasteiger partial charge in [0.15, 0.2) is 6.61 Å². The van der Waals surface area contributed by atoms with Gasteiger partial charge in [0.05, 0.1) is 6.61 Å². The number of hydrogen-bond acceptors (Lipinski definition) is 6. The average molecular weight is 505 g/mol. The molecule has 1 aromatic heterocycles. The summed E-state index contributed by atoms with van der Waals surface area (Å²) in [7, 11) is 0. The molecule has 0 radical (unpaired) electrons. The SMILES string of the molecule is CCOc1ccc(C(=O)N2CCC3(CCN(C(=O)COc4ccc5c(C)cc(=O)oc5c4)C3)CC2)cc1. The van der Waals surface area contributed by atoms with E-state index in [1.165, 1.54) is 6.07 Å². The van der Waals surface area contributed by atoms with Gasteiger partial charge in [0.1, 0.15) is 17.1 Å². The molecule has 0 bridgehead atoms. The number of carbonyl (C=O) groups excluding carboxylic acids is 2. The molecule has 0 saturated carbocycles. The fourth-order valence-corrected chi connectivity index (χ4v) is 5.41. The van der Waals surface area contributed by atoms with Gasteiger partial charge in [-0.25, -0.2) is 4.79 Å². The smallest absolute Gasteiger partial charge is 0.336 e. The quantitative estimate of drug-likeness (QED) is 0.471. The van der Waals surface area contributed by atoms with Crippen LogP contribution in [0.5, 0.6) is 11.5 Å². The summed E-state index contributed by atoms with van der Waals surface area (Å²) >= 11 is 0. The summed E-state index contributed by atoms with van der Waals surface area (Å²) in [4.78, 5) is 41.3. The molecule has 3 heterocycles. The van der Waals surface area contributed by atoms with Crippen LogP contribution in [-0.2, 0) is 4.79 Å². The number of benzene rings is 2. The maximum atomic E-state index is 13.0. The van der Waals surface area contributed by atoms with E-state index < -0.39 is 5.63 Å². The van der Waals surface area contributed by atoms with Crippen LogP contribution in [0.3, 0.4) is 0 Å². The lowest BCUT2D eigenvalue weighted by atomic mass is 9.77. The molecule has 37 heavy (non-hydrogen) atoms. The minimum atomic E-state index is -0.409. The molecule has 0 N–H and O–H groups in total. The van der Waals surface area contributed by atoms with E-state index in [0.717, 1.165) is 36.0 Å². The first-order valence-electron chi connectivity index (χ1n) is 12.8. The van der Waals surface area contributed by atoms with Crippen LogP contribution in [0.2, 0.25) is 0 Å². The maximum Gasteiger partial charge on any atom is 0.336 e. The number of amides is 2. The summed E-state index contributed by atoms with van der Waals surface area (Å²) in [5, 5.41) is 0.840. The van der Waals surface area contributed by atoms with E-state index in [4.69, 9.17) is 13.9 Å². The Balaban J connectivity index is 1.13. The number of piperidine rings is 1. The van der Waals surface area contributed by atoms with Gasteiger partial charge in [-0.05, 0) is 80.5 Å². The number of likely N-dealkylation sites (tertiary alicyclic amines) is 2. The van der Waals surface area contributed by atoms with Crippen molar-refractivity contribution in [3.05, 3.63) is 70.1 Å². The van der Waals surface area contributed by atoms with Gasteiger partial charge in [-0.3, -0.25) is 9.59 Å². The Bertz CT molecular complexity index is 1360. The zero-order chi connectivity index (χ0) is 26.0. The van der Waals surface area contributed by atoms with Crippen LogP contribution in [0.25, 0.3) is 11.0 Å². The van der Waals surface area contributed by atoms with Crippen molar-refractivity contribution in [2.24, 2.45) is 5.41 Å². The summed E-state index contributed by atoms with van der Waals surface area (Å²) < 4.78 is 16.5. The van der Waals surface area contributed by atoms with E-state index in [0.29, 0.717) is 49.7 Å². The van der Waals surface area contributed by atoms with E-state index in [1.54, 1.807) is 12.1 Å². The Labute approximate surface area is 215 Å². The average Bonchev–Trinajstić information content (AvgIpc) is 3.31. The Morgan fingerprint density at radius 1 is 0.919 bits per heavy atom. The molecule has 2 aliphatic rings. The topological polar surface area (TPSA) is 89.3 Å². The molecule has 0 atom stereocenters. The molecule has 3 aromatic rings. The summed E-state index contributed by atoms with van der Waals surface area (Å²) in [5.41, 5.74) is 1.59. The third kappa shape index (κ3) is 5.33. The maximum absolute atomic E-state index is 13.0. The van der Waals surface area contributed by atoms with Crippen LogP contribution in [-0.4, -0.2) is 61.0 Å². The van der Waals surface area contributed by atoms with Crippen molar-refractivity contribution >= 4 is 22.8 Å². The molecule has 0 aliphatic carbocycles. The second-order valence-electron chi connectivity index (χ2n) is 10.0. The van der Waals surface area contributed by atoms with Gasteiger partial charge < -0.3 is 23.7 Å². The largest absolute Gasteiger partial charge is 0.494 e. The van der Waals surface area contributed by atoms with Crippen LogP contribution in [0.15, 0.2) is 57.7 Å². The Kier molecular flexibility index (Phi) is 6.91. The number of nitrogens with zero attached hydrogens (tertiary/aromatic N) is 2. The van der Waals surface area contributed by atoms with Crippen molar-refractivity contribution in [1.29, 1.82) is 0 Å². The molecular formula is C29H32N2O6. The normalized spacial score (nSPS) is 16.8. The van der Waals surface area contributed by atoms with Gasteiger partial charge in [0.25, 0.3) is 11.8 Å². The molecule has 0 unspecified atom stereocenters. The highest BCUT2D eigenvalue weighted by molar-refractivity contribution is 5.94. The van der Waals surface area contributed by atoms with E-state index in [-0.39, 0.29) is 23.8 Å². The van der Waals surface area contributed by atoms with E-state index in [1.807, 2.05) is 54.0 Å². The molecule has 8 heteroatoms. The minimum Gasteiger partial charge on any atom is -0.494 e. The molecular weight excluding hydrogens is 472 g/mol. The van der Waals surface area contributed by atoms with Gasteiger partial charge in [0, 0.05) is 49.3 Å². The molecule has 194 valence electrons. The van der Waals surface area contributed by atoms with Crippen molar-refractivity contribution in [3.8, 4) is 11.5 Å². The third-order valence-corrected chi connectivity index (χ3v) is 7.60. The fraction of sp³-hybridized carbons (Fsp3) is 0.414. The minimum absolute atomic E-state index is 0.0404. The monoisotopic (exact) mass is 504 g/mol. The Morgan fingerprint density at radius 2 is 1.59 bits per heavy atom. The first-order chi connectivity index (χ1) is 17.9. The van der Waals surface area contributed by atoms with E-state index in [2.05, 4.69) is 0 Å². The predicted octanol–water partition coefficient (Wildman–Crippen LogP) is 4.03. The van der Waals surface area contributed by atoms with Gasteiger partial charge in [-0.1, -0.05) is 0 Å². The van der Waals surface area contributed by atoms with Crippen molar-refractivity contribution in [2.45, 2.75) is 33.1 Å². The molecule has 8 nitrogen and oxygen atoms in total. The number of aryl methyl sites for hydroxylation is 1. The summed E-state index contributed by atoms with van der Waals surface area (Å²) in [6.45, 7) is 7.06. The number of carbonyl (C=O) groups is 2. The molecule has 2 amide bonds. The Morgan fingerprint density at radius 3 is 2.30 bits per heavy atom. The van der Waals surface area contributed by atoms with Gasteiger partial charge in [-0.15, -0.1) is 0 Å². The van der Waals surface area contributed by atoms with Gasteiger partial charge in [0.2, 0.25) is 0 Å². The van der Waals surface area contributed by atoms with Crippen molar-refractivity contribution in [1.82, 2.24) is 9.80 Å². The van der Waals surface area contributed by atoms with Crippen molar-refractivity contribution in [3.63, 3.8) is 0 Å². The van der Waals surface area contributed by atoms with Crippen molar-refractivity contribution in [2.75, 3.05) is 39.4 Å². The predicted molar refractivity (Wildman–Crippen MR) is 139 cm³/mol. The second kappa shape index (κ2) is 10.3. The fourth-order valence-electron chi connectivity index (χ4n) is 5.41. The standard InChI is InChI=1S/C29H32N2O6/c1-3-35-22-6-4-21(5-7-22)28(34)30-13-10-29(11-14-30)12-15-31(19-29)26(32)18-36-23-8-9-24-20(2)16-27(33)37-25(24)17-23/h4-9,16-17H,3,10-15,18-19H2,1-2H3. The molecule has 2 fully saturated rings. The number of ether oxygens (including phenoxy) is 2. The highest BCUT2D eigenvalue weighted by Gasteiger charge is 2.42. The number of hydrogen-bond donors (Lipinski definition) is 0.